The van der Waals surface area contributed by atoms with Gasteiger partial charge in [0, 0.05) is 10.8 Å². The smallest absolute Gasteiger partial charge is 0.123 e. The van der Waals surface area contributed by atoms with Crippen LogP contribution in [0.5, 0.6) is 11.5 Å². The lowest BCUT2D eigenvalue weighted by atomic mass is 9.52. The first-order valence-electron chi connectivity index (χ1n) is 12.9. The van der Waals surface area contributed by atoms with Gasteiger partial charge < -0.3 is 15.3 Å². The van der Waals surface area contributed by atoms with Crippen molar-refractivity contribution in [2.75, 3.05) is 0 Å². The van der Waals surface area contributed by atoms with Crippen molar-refractivity contribution in [1.82, 2.24) is 0 Å². The second kappa shape index (κ2) is 7.60. The molecule has 36 heavy (non-hydrogen) atoms. The quantitative estimate of drug-likeness (QED) is 0.274. The normalized spacial score (nSPS) is 18.8. The molecule has 0 bridgehead atoms. The largest absolute Gasteiger partial charge is 0.508 e. The van der Waals surface area contributed by atoms with Gasteiger partial charge in [0.25, 0.3) is 0 Å². The molecule has 0 unspecified atom stereocenters. The molecule has 0 saturated heterocycles. The van der Waals surface area contributed by atoms with Crippen LogP contribution in [-0.4, -0.2) is 15.3 Å². The Morgan fingerprint density at radius 2 is 1.36 bits per heavy atom. The van der Waals surface area contributed by atoms with Gasteiger partial charge in [-0.1, -0.05) is 64.1 Å². The molecule has 1 fully saturated rings. The molecular weight excluding hydrogens is 444 g/mol. The summed E-state index contributed by atoms with van der Waals surface area (Å²) in [6, 6.07) is 21.8. The highest BCUT2D eigenvalue weighted by atomic mass is 16.3. The third-order valence-corrected chi connectivity index (χ3v) is 8.43. The van der Waals surface area contributed by atoms with Crippen molar-refractivity contribution in [1.29, 1.82) is 0 Å². The molecule has 2 aliphatic carbocycles. The number of fused-ring (bicyclic) bond motifs is 7. The first kappa shape index (κ1) is 23.1. The molecular formula is C33H34O3. The van der Waals surface area contributed by atoms with Crippen LogP contribution in [0, 0.1) is 10.8 Å². The first-order valence-corrected chi connectivity index (χ1v) is 12.9. The van der Waals surface area contributed by atoms with Gasteiger partial charge in [0.1, 0.15) is 11.5 Å². The Labute approximate surface area is 213 Å². The van der Waals surface area contributed by atoms with E-state index in [4.69, 9.17) is 0 Å². The van der Waals surface area contributed by atoms with Crippen LogP contribution >= 0.6 is 0 Å². The predicted molar refractivity (Wildman–Crippen MR) is 146 cm³/mol. The Kier molecular flexibility index (Phi) is 4.88. The molecule has 6 rings (SSSR count). The molecule has 3 N–H and O–H groups in total. The summed E-state index contributed by atoms with van der Waals surface area (Å²) in [5.41, 5.74) is 7.76. The molecule has 2 aliphatic rings. The zero-order valence-electron chi connectivity index (χ0n) is 21.5. The van der Waals surface area contributed by atoms with E-state index in [-0.39, 0.29) is 34.4 Å². The summed E-state index contributed by atoms with van der Waals surface area (Å²) in [6.07, 6.45) is 3.25. The van der Waals surface area contributed by atoms with Gasteiger partial charge in [0.05, 0.1) is 6.61 Å². The van der Waals surface area contributed by atoms with Crippen molar-refractivity contribution in [3.63, 3.8) is 0 Å². The van der Waals surface area contributed by atoms with Gasteiger partial charge in [-0.2, -0.15) is 0 Å². The van der Waals surface area contributed by atoms with E-state index >= 15 is 0 Å². The number of aliphatic hydroxyl groups is 1. The molecule has 3 nitrogen and oxygen atoms in total. The fourth-order valence-corrected chi connectivity index (χ4v) is 7.96. The van der Waals surface area contributed by atoms with Gasteiger partial charge in [0.15, 0.2) is 0 Å². The Hall–Kier alpha value is -3.30. The van der Waals surface area contributed by atoms with Crippen LogP contribution in [0.2, 0.25) is 0 Å². The summed E-state index contributed by atoms with van der Waals surface area (Å²) in [6.45, 7) is 9.41. The van der Waals surface area contributed by atoms with E-state index in [1.165, 1.54) is 28.7 Å². The second-order valence-electron chi connectivity index (χ2n) is 12.6. The zero-order chi connectivity index (χ0) is 25.5. The van der Waals surface area contributed by atoms with Crippen molar-refractivity contribution in [2.24, 2.45) is 10.8 Å². The fourth-order valence-electron chi connectivity index (χ4n) is 7.96. The van der Waals surface area contributed by atoms with E-state index in [1.807, 2.05) is 24.3 Å². The van der Waals surface area contributed by atoms with Gasteiger partial charge >= 0.3 is 0 Å². The zero-order valence-corrected chi connectivity index (χ0v) is 21.5. The SMILES string of the molecule is CC1(C)CC(C)(C)CC2(C1)c1ccccc1-c1c2cc(O)c2cc(-c3ccc(O)cc3)c(CO)cc12. The Morgan fingerprint density at radius 3 is 2.03 bits per heavy atom. The lowest BCUT2D eigenvalue weighted by Crippen LogP contribution is -2.43. The summed E-state index contributed by atoms with van der Waals surface area (Å²) in [5.74, 6) is 0.479. The number of phenolic OH excluding ortho intramolecular Hbond substituents is 2. The first-order chi connectivity index (χ1) is 17.0. The van der Waals surface area contributed by atoms with E-state index in [9.17, 15) is 15.3 Å². The molecule has 0 amide bonds. The Morgan fingerprint density at radius 1 is 0.694 bits per heavy atom. The highest BCUT2D eigenvalue weighted by Crippen LogP contribution is 2.64. The molecule has 1 saturated carbocycles. The summed E-state index contributed by atoms with van der Waals surface area (Å²) < 4.78 is 0. The molecule has 4 aromatic carbocycles. The fraction of sp³-hybridized carbons (Fsp3) is 0.333. The van der Waals surface area contributed by atoms with E-state index < -0.39 is 0 Å². The van der Waals surface area contributed by atoms with Crippen molar-refractivity contribution >= 4 is 10.8 Å². The molecule has 4 aromatic rings. The van der Waals surface area contributed by atoms with Crippen molar-refractivity contribution < 1.29 is 15.3 Å². The van der Waals surface area contributed by atoms with E-state index in [1.54, 1.807) is 12.1 Å². The molecule has 0 aliphatic heterocycles. The summed E-state index contributed by atoms with van der Waals surface area (Å²) in [5, 5.41) is 33.4. The minimum absolute atomic E-state index is 0.108. The molecule has 0 atom stereocenters. The van der Waals surface area contributed by atoms with Crippen LogP contribution in [0.4, 0.5) is 0 Å². The highest BCUT2D eigenvalue weighted by Gasteiger charge is 2.53. The van der Waals surface area contributed by atoms with Gasteiger partial charge in [-0.15, -0.1) is 0 Å². The van der Waals surface area contributed by atoms with Gasteiger partial charge in [0.2, 0.25) is 0 Å². The maximum absolute atomic E-state index is 11.5. The lowest BCUT2D eigenvalue weighted by molar-refractivity contribution is 0.0645. The standard InChI is InChI=1S/C33H34O3/c1-31(2)17-32(3,4)19-33(18-31)27-8-6-5-7-23(27)30-26-13-21(16-34)24(20-9-11-22(35)12-10-20)14-25(26)29(36)15-28(30)33/h5-15,34-36H,16-19H2,1-4H3. The molecule has 0 aromatic heterocycles. The number of phenols is 2. The van der Waals surface area contributed by atoms with E-state index in [0.717, 1.165) is 40.3 Å². The van der Waals surface area contributed by atoms with Crippen LogP contribution < -0.4 is 0 Å². The molecule has 1 spiro atoms. The number of hydrogen-bond donors (Lipinski definition) is 3. The molecule has 0 radical (unpaired) electrons. The van der Waals surface area contributed by atoms with Crippen LogP contribution in [-0.2, 0) is 12.0 Å². The van der Waals surface area contributed by atoms with Gasteiger partial charge in [-0.3, -0.25) is 0 Å². The van der Waals surface area contributed by atoms with Crippen LogP contribution in [0.1, 0.15) is 63.6 Å². The number of hydrogen-bond acceptors (Lipinski definition) is 3. The highest BCUT2D eigenvalue weighted by molar-refractivity contribution is 6.07. The molecule has 0 heterocycles. The Balaban J connectivity index is 1.68. The third kappa shape index (κ3) is 3.37. The average Bonchev–Trinajstić information content (AvgIpc) is 3.05. The number of rotatable bonds is 2. The number of aromatic hydroxyl groups is 2. The van der Waals surface area contributed by atoms with Crippen LogP contribution in [0.3, 0.4) is 0 Å². The summed E-state index contributed by atoms with van der Waals surface area (Å²) in [4.78, 5) is 0. The lowest BCUT2D eigenvalue weighted by Gasteiger charge is -2.51. The predicted octanol–water partition coefficient (Wildman–Crippen LogP) is 7.91. The minimum Gasteiger partial charge on any atom is -0.508 e. The van der Waals surface area contributed by atoms with E-state index in [2.05, 4.69) is 58.0 Å². The van der Waals surface area contributed by atoms with Crippen molar-refractivity contribution in [3.8, 4) is 33.8 Å². The average molecular weight is 479 g/mol. The summed E-state index contributed by atoms with van der Waals surface area (Å²) in [7, 11) is 0. The van der Waals surface area contributed by atoms with Crippen LogP contribution in [0.15, 0.2) is 66.7 Å². The number of aliphatic hydroxyl groups excluding tert-OH is 1. The van der Waals surface area contributed by atoms with Crippen LogP contribution in [0.25, 0.3) is 33.0 Å². The molecule has 3 heteroatoms. The van der Waals surface area contributed by atoms with Crippen molar-refractivity contribution in [2.45, 2.75) is 59.0 Å². The summed E-state index contributed by atoms with van der Waals surface area (Å²) >= 11 is 0. The molecule has 184 valence electrons. The van der Waals surface area contributed by atoms with Gasteiger partial charge in [-0.25, -0.2) is 0 Å². The Bertz CT molecular complexity index is 1490. The maximum atomic E-state index is 11.5. The third-order valence-electron chi connectivity index (χ3n) is 8.43. The monoisotopic (exact) mass is 478 g/mol. The minimum atomic E-state index is -0.155. The van der Waals surface area contributed by atoms with Crippen molar-refractivity contribution in [3.05, 3.63) is 83.4 Å². The maximum Gasteiger partial charge on any atom is 0.123 e. The van der Waals surface area contributed by atoms with Gasteiger partial charge in [-0.05, 0) is 105 Å². The second-order valence-corrected chi connectivity index (χ2v) is 12.6. The van der Waals surface area contributed by atoms with E-state index in [0.29, 0.717) is 0 Å². The topological polar surface area (TPSA) is 60.7 Å². The number of benzene rings is 4.